The standard InChI is InChI=1S/Al.Cu.O.Zr/q+3;+2;-2;+4. The van der Waals surface area contributed by atoms with Gasteiger partial charge >= 0.3 is 60.6 Å². The van der Waals surface area contributed by atoms with Gasteiger partial charge in [0.1, 0.15) is 0 Å². The molecule has 0 unspecified atom stereocenters. The van der Waals surface area contributed by atoms with Gasteiger partial charge in [-0.2, -0.15) is 0 Å². The van der Waals surface area contributed by atoms with E-state index in [0.29, 0.717) is 0 Å². The van der Waals surface area contributed by atoms with Crippen LogP contribution in [0.1, 0.15) is 0 Å². The van der Waals surface area contributed by atoms with Crippen molar-refractivity contribution in [3.05, 3.63) is 0 Å². The van der Waals surface area contributed by atoms with Crippen LogP contribution in [0.2, 0.25) is 0 Å². The van der Waals surface area contributed by atoms with E-state index < -0.39 is 0 Å². The molecular weight excluding hydrogens is 198 g/mol. The first-order chi connectivity index (χ1) is 0. The third-order valence-corrected chi connectivity index (χ3v) is 0. The fraction of sp³-hybridized carbons (Fsp3) is 0. The minimum Gasteiger partial charge on any atom is -2.00 e. The first-order valence-electron chi connectivity index (χ1n) is 0. The van der Waals surface area contributed by atoms with Crippen molar-refractivity contribution in [3.63, 3.8) is 0 Å². The number of hydrogen-bond donors (Lipinski definition) is 0. The van der Waals surface area contributed by atoms with E-state index in [2.05, 4.69) is 0 Å². The Morgan fingerprint density at radius 2 is 1.00 bits per heavy atom. The van der Waals surface area contributed by atoms with Gasteiger partial charge < -0.3 is 5.48 Å². The fourth-order valence-corrected chi connectivity index (χ4v) is 0. The summed E-state index contributed by atoms with van der Waals surface area (Å²) in [5.41, 5.74) is 0. The normalized spacial score (nSPS) is 0. The van der Waals surface area contributed by atoms with Crippen molar-refractivity contribution in [2.75, 3.05) is 0 Å². The Kier molecular flexibility index (Phi) is 203. The summed E-state index contributed by atoms with van der Waals surface area (Å²) in [5.74, 6) is 0. The van der Waals surface area contributed by atoms with E-state index in [1.54, 1.807) is 0 Å². The predicted molar refractivity (Wildman–Crippen MR) is 6.44 cm³/mol. The molecule has 4 heteroatoms. The van der Waals surface area contributed by atoms with Gasteiger partial charge in [-0.05, 0) is 0 Å². The zero-order chi connectivity index (χ0) is 0. The van der Waals surface area contributed by atoms with E-state index >= 15 is 0 Å². The number of rotatable bonds is 0. The maximum Gasteiger partial charge on any atom is 4.00 e. The molecule has 0 amide bonds. The molecule has 0 N–H and O–H groups in total. The molecule has 0 fully saturated rings. The van der Waals surface area contributed by atoms with Crippen LogP contribution in [0.15, 0.2) is 0 Å². The van der Waals surface area contributed by atoms with Crippen LogP contribution < -0.4 is 0 Å². The first-order valence-corrected chi connectivity index (χ1v) is 0. The first kappa shape index (κ1) is 39.3. The van der Waals surface area contributed by atoms with E-state index in [4.69, 9.17) is 0 Å². The van der Waals surface area contributed by atoms with Gasteiger partial charge in [0.05, 0.1) is 0 Å². The van der Waals surface area contributed by atoms with E-state index in [0.717, 1.165) is 0 Å². The van der Waals surface area contributed by atoms with Gasteiger partial charge in [0.15, 0.2) is 0 Å². The van der Waals surface area contributed by atoms with Crippen LogP contribution in [0.4, 0.5) is 0 Å². The molecule has 0 aromatic carbocycles. The van der Waals surface area contributed by atoms with Crippen LogP contribution in [0.5, 0.6) is 0 Å². The number of hydrogen-bond acceptors (Lipinski definition) is 0. The second kappa shape index (κ2) is 20.7. The predicted octanol–water partition coefficient (Wildman–Crippen LogP) is -0.505. The average Bonchev–Trinajstić information content (AvgIpc) is 0. The van der Waals surface area contributed by atoms with Crippen molar-refractivity contribution < 1.29 is 48.7 Å². The molecule has 0 heterocycles. The SMILES string of the molecule is [Al+3].[Cu+2].[O-2].[Zr+4]. The van der Waals surface area contributed by atoms with Gasteiger partial charge in [-0.25, -0.2) is 0 Å². The maximum atomic E-state index is 0. The molecule has 0 aromatic rings. The Hall–Kier alpha value is 1.90. The van der Waals surface area contributed by atoms with Crippen LogP contribution in [-0.4, -0.2) is 17.4 Å². The van der Waals surface area contributed by atoms with Crippen LogP contribution in [-0.2, 0) is 48.7 Å². The van der Waals surface area contributed by atoms with Crippen molar-refractivity contribution in [1.82, 2.24) is 0 Å². The summed E-state index contributed by atoms with van der Waals surface area (Å²) in [5, 5.41) is 0. The second-order valence-electron chi connectivity index (χ2n) is 0. The van der Waals surface area contributed by atoms with Crippen LogP contribution in [0.3, 0.4) is 0 Å². The summed E-state index contributed by atoms with van der Waals surface area (Å²) < 4.78 is 0. The average molecular weight is 198 g/mol. The van der Waals surface area contributed by atoms with Crippen LogP contribution in [0.25, 0.3) is 0 Å². The smallest absolute Gasteiger partial charge is 2.00 e. The Balaban J connectivity index is 0. The topological polar surface area (TPSA) is 28.5 Å². The van der Waals surface area contributed by atoms with Crippen LogP contribution >= 0.6 is 0 Å². The molecule has 0 atom stereocenters. The molecule has 0 spiro atoms. The van der Waals surface area contributed by atoms with E-state index in [-0.39, 0.29) is 66.1 Å². The van der Waals surface area contributed by atoms with E-state index in [1.807, 2.05) is 0 Å². The van der Waals surface area contributed by atoms with E-state index in [9.17, 15) is 0 Å². The monoisotopic (exact) mass is 196 g/mol. The second-order valence-corrected chi connectivity index (χ2v) is 0. The Labute approximate surface area is 65.6 Å². The van der Waals surface area contributed by atoms with Crippen molar-refractivity contribution >= 4 is 17.4 Å². The molecule has 0 rings (SSSR count). The van der Waals surface area contributed by atoms with Crippen LogP contribution in [0, 0.1) is 0 Å². The molecule has 0 aliphatic heterocycles. The minimum absolute atomic E-state index is 0. The molecule has 1 radical (unpaired) electrons. The molecule has 17 valence electrons. The zero-order valence-electron chi connectivity index (χ0n) is 1.79. The van der Waals surface area contributed by atoms with Gasteiger partial charge in [-0.1, -0.05) is 0 Å². The summed E-state index contributed by atoms with van der Waals surface area (Å²) in [6, 6.07) is 0. The minimum atomic E-state index is 0. The van der Waals surface area contributed by atoms with Gasteiger partial charge in [0.2, 0.25) is 0 Å². The van der Waals surface area contributed by atoms with Gasteiger partial charge in [-0.15, -0.1) is 0 Å². The van der Waals surface area contributed by atoms with Gasteiger partial charge in [-0.3, -0.25) is 0 Å². The molecule has 0 saturated carbocycles. The summed E-state index contributed by atoms with van der Waals surface area (Å²) >= 11 is 0. The summed E-state index contributed by atoms with van der Waals surface area (Å²) in [6.07, 6.45) is 0. The Morgan fingerprint density at radius 3 is 1.00 bits per heavy atom. The van der Waals surface area contributed by atoms with E-state index in [1.165, 1.54) is 0 Å². The molecular formula is AlCuOZr+7. The van der Waals surface area contributed by atoms with Crippen molar-refractivity contribution in [2.24, 2.45) is 0 Å². The summed E-state index contributed by atoms with van der Waals surface area (Å²) in [4.78, 5) is 0. The molecule has 0 aliphatic carbocycles. The molecule has 0 aliphatic rings. The zero-order valence-corrected chi connectivity index (χ0v) is 6.34. The third-order valence-electron chi connectivity index (χ3n) is 0. The maximum absolute atomic E-state index is 0. The van der Waals surface area contributed by atoms with Crippen molar-refractivity contribution in [2.45, 2.75) is 0 Å². The quantitative estimate of drug-likeness (QED) is 0.469. The Bertz CT molecular complexity index is 8.00. The summed E-state index contributed by atoms with van der Waals surface area (Å²) in [7, 11) is 0. The summed E-state index contributed by atoms with van der Waals surface area (Å²) in [6.45, 7) is 0. The molecule has 0 aromatic heterocycles. The fourth-order valence-electron chi connectivity index (χ4n) is 0. The van der Waals surface area contributed by atoms with Gasteiger partial charge in [0.25, 0.3) is 0 Å². The van der Waals surface area contributed by atoms with Crippen molar-refractivity contribution in [3.8, 4) is 0 Å². The third kappa shape index (κ3) is 9.09. The Morgan fingerprint density at radius 1 is 1.00 bits per heavy atom. The van der Waals surface area contributed by atoms with Crippen molar-refractivity contribution in [1.29, 1.82) is 0 Å². The molecule has 0 bridgehead atoms. The molecule has 0 saturated heterocycles. The molecule has 1 nitrogen and oxygen atoms in total. The molecule has 4 heavy (non-hydrogen) atoms. The van der Waals surface area contributed by atoms with Gasteiger partial charge in [0, 0.05) is 0 Å². The largest absolute Gasteiger partial charge is 4.00 e.